The Labute approximate surface area is 102 Å². The van der Waals surface area contributed by atoms with Crippen molar-refractivity contribution in [2.75, 3.05) is 6.54 Å². The highest BCUT2D eigenvalue weighted by Gasteiger charge is 2.31. The molecular formula is C12H9ClF3N. The molecular weight excluding hydrogens is 251 g/mol. The highest BCUT2D eigenvalue weighted by atomic mass is 35.5. The number of aliphatic imine (C=N–C) groups is 1. The maximum Gasteiger partial charge on any atom is 0.416 e. The molecule has 0 saturated carbocycles. The van der Waals surface area contributed by atoms with Crippen molar-refractivity contribution in [1.82, 2.24) is 0 Å². The number of halogens is 4. The average molecular weight is 260 g/mol. The molecule has 0 N–H and O–H groups in total. The molecule has 0 bridgehead atoms. The van der Waals surface area contributed by atoms with Crippen LogP contribution in [-0.4, -0.2) is 12.8 Å². The summed E-state index contributed by atoms with van der Waals surface area (Å²) in [6, 6.07) is 3.60. The summed E-state index contributed by atoms with van der Waals surface area (Å²) in [7, 11) is 0. The Morgan fingerprint density at radius 1 is 1.18 bits per heavy atom. The number of nitrogens with zero attached hydrogens (tertiary/aromatic N) is 1. The monoisotopic (exact) mass is 259 g/mol. The van der Waals surface area contributed by atoms with E-state index in [4.69, 9.17) is 11.6 Å². The number of alkyl halides is 3. The first-order valence-corrected chi connectivity index (χ1v) is 5.42. The predicted octanol–water partition coefficient (Wildman–Crippen LogP) is 4.22. The molecule has 0 aliphatic carbocycles. The van der Waals surface area contributed by atoms with Crippen LogP contribution in [0, 0.1) is 0 Å². The van der Waals surface area contributed by atoms with Crippen molar-refractivity contribution in [2.45, 2.75) is 12.6 Å². The number of benzene rings is 1. The molecule has 0 atom stereocenters. The molecule has 0 radical (unpaired) electrons. The largest absolute Gasteiger partial charge is 0.416 e. The lowest BCUT2D eigenvalue weighted by Crippen LogP contribution is -2.06. The number of dihydropyridines is 1. The minimum atomic E-state index is -4.37. The Balaban J connectivity index is 2.45. The maximum absolute atomic E-state index is 12.6. The molecule has 1 aromatic carbocycles. The molecule has 2 rings (SSSR count). The SMILES string of the molecule is FC(F)(F)c1cc(Cl)cc(C2=CC=NCC2)c1. The molecule has 90 valence electrons. The van der Waals surface area contributed by atoms with Gasteiger partial charge in [-0.2, -0.15) is 13.2 Å². The lowest BCUT2D eigenvalue weighted by atomic mass is 9.99. The minimum Gasteiger partial charge on any atom is -0.293 e. The van der Waals surface area contributed by atoms with Crippen molar-refractivity contribution in [3.8, 4) is 0 Å². The lowest BCUT2D eigenvalue weighted by molar-refractivity contribution is -0.137. The zero-order chi connectivity index (χ0) is 12.5. The van der Waals surface area contributed by atoms with Crippen LogP contribution in [0.1, 0.15) is 17.5 Å². The van der Waals surface area contributed by atoms with Gasteiger partial charge in [-0.05, 0) is 41.8 Å². The molecule has 1 aliphatic heterocycles. The average Bonchev–Trinajstić information content (AvgIpc) is 2.28. The molecule has 0 amide bonds. The van der Waals surface area contributed by atoms with Crippen molar-refractivity contribution in [2.24, 2.45) is 4.99 Å². The summed E-state index contributed by atoms with van der Waals surface area (Å²) in [5, 5.41) is 0.0956. The fourth-order valence-corrected chi connectivity index (χ4v) is 1.90. The number of rotatable bonds is 1. The Morgan fingerprint density at radius 2 is 1.94 bits per heavy atom. The van der Waals surface area contributed by atoms with E-state index >= 15 is 0 Å². The highest BCUT2D eigenvalue weighted by molar-refractivity contribution is 6.30. The predicted molar refractivity (Wildman–Crippen MR) is 62.4 cm³/mol. The van der Waals surface area contributed by atoms with Crippen LogP contribution >= 0.6 is 11.6 Å². The van der Waals surface area contributed by atoms with E-state index in [1.807, 2.05) is 0 Å². The van der Waals surface area contributed by atoms with Gasteiger partial charge < -0.3 is 0 Å². The van der Waals surface area contributed by atoms with Gasteiger partial charge in [0.2, 0.25) is 0 Å². The second-order valence-electron chi connectivity index (χ2n) is 3.72. The topological polar surface area (TPSA) is 12.4 Å². The van der Waals surface area contributed by atoms with Crippen LogP contribution < -0.4 is 0 Å². The van der Waals surface area contributed by atoms with Crippen LogP contribution in [0.3, 0.4) is 0 Å². The van der Waals surface area contributed by atoms with Gasteiger partial charge in [0.05, 0.1) is 5.56 Å². The van der Waals surface area contributed by atoms with Crippen LogP contribution in [0.15, 0.2) is 29.3 Å². The van der Waals surface area contributed by atoms with E-state index in [0.717, 1.165) is 17.7 Å². The maximum atomic E-state index is 12.6. The van der Waals surface area contributed by atoms with E-state index in [-0.39, 0.29) is 5.02 Å². The van der Waals surface area contributed by atoms with Crippen molar-refractivity contribution < 1.29 is 13.2 Å². The highest BCUT2D eigenvalue weighted by Crippen LogP contribution is 2.34. The molecule has 17 heavy (non-hydrogen) atoms. The number of allylic oxidation sites excluding steroid dienone is 1. The first kappa shape index (κ1) is 12.2. The lowest BCUT2D eigenvalue weighted by Gasteiger charge is -2.13. The van der Waals surface area contributed by atoms with Crippen LogP contribution in [0.4, 0.5) is 13.2 Å². The second-order valence-corrected chi connectivity index (χ2v) is 4.16. The quantitative estimate of drug-likeness (QED) is 0.716. The zero-order valence-electron chi connectivity index (χ0n) is 8.76. The summed E-state index contributed by atoms with van der Waals surface area (Å²) in [5.41, 5.74) is 0.618. The standard InChI is InChI=1S/C12H9ClF3N/c13-11-6-9(8-1-3-17-4-2-8)5-10(7-11)12(14,15)16/h1,3,5-7H,2,4H2. The van der Waals surface area contributed by atoms with Gasteiger partial charge in [-0.1, -0.05) is 11.6 Å². The molecule has 0 spiro atoms. The minimum absolute atomic E-state index is 0.0956. The van der Waals surface area contributed by atoms with Crippen molar-refractivity contribution >= 4 is 23.4 Å². The third-order valence-corrected chi connectivity index (χ3v) is 2.71. The van der Waals surface area contributed by atoms with Crippen LogP contribution in [0.5, 0.6) is 0 Å². The molecule has 0 fully saturated rings. The van der Waals surface area contributed by atoms with E-state index in [1.165, 1.54) is 0 Å². The summed E-state index contributed by atoms with van der Waals surface area (Å²) < 4.78 is 37.8. The van der Waals surface area contributed by atoms with E-state index in [9.17, 15) is 13.2 Å². The summed E-state index contributed by atoms with van der Waals surface area (Å²) in [4.78, 5) is 3.99. The van der Waals surface area contributed by atoms with E-state index in [1.54, 1.807) is 18.4 Å². The van der Waals surface area contributed by atoms with Gasteiger partial charge in [0.1, 0.15) is 0 Å². The third-order valence-electron chi connectivity index (χ3n) is 2.49. The van der Waals surface area contributed by atoms with Gasteiger partial charge in [0.25, 0.3) is 0 Å². The zero-order valence-corrected chi connectivity index (χ0v) is 9.52. The first-order chi connectivity index (χ1) is 7.97. The fourth-order valence-electron chi connectivity index (χ4n) is 1.66. The van der Waals surface area contributed by atoms with Crippen LogP contribution in [0.25, 0.3) is 5.57 Å². The van der Waals surface area contributed by atoms with Crippen LogP contribution in [0.2, 0.25) is 5.02 Å². The first-order valence-electron chi connectivity index (χ1n) is 5.04. The Kier molecular flexibility index (Phi) is 3.24. The van der Waals surface area contributed by atoms with Gasteiger partial charge >= 0.3 is 6.18 Å². The summed E-state index contributed by atoms with van der Waals surface area (Å²) >= 11 is 5.71. The summed E-state index contributed by atoms with van der Waals surface area (Å²) in [5.74, 6) is 0. The number of hydrogen-bond acceptors (Lipinski definition) is 1. The molecule has 5 heteroatoms. The van der Waals surface area contributed by atoms with Crippen molar-refractivity contribution in [3.63, 3.8) is 0 Å². The molecule has 1 heterocycles. The molecule has 0 saturated heterocycles. The van der Waals surface area contributed by atoms with E-state index < -0.39 is 11.7 Å². The van der Waals surface area contributed by atoms with Crippen LogP contribution in [-0.2, 0) is 6.18 Å². The molecule has 1 aromatic rings. The van der Waals surface area contributed by atoms with Crippen molar-refractivity contribution in [3.05, 3.63) is 40.4 Å². The third kappa shape index (κ3) is 2.88. The number of hydrogen-bond donors (Lipinski definition) is 0. The fraction of sp³-hybridized carbons (Fsp3) is 0.250. The Hall–Kier alpha value is -1.29. The van der Waals surface area contributed by atoms with Crippen molar-refractivity contribution in [1.29, 1.82) is 0 Å². The smallest absolute Gasteiger partial charge is 0.293 e. The Morgan fingerprint density at radius 3 is 2.53 bits per heavy atom. The van der Waals surface area contributed by atoms with Gasteiger partial charge in [-0.3, -0.25) is 4.99 Å². The second kappa shape index (κ2) is 4.53. The molecule has 0 aromatic heterocycles. The van der Waals surface area contributed by atoms with E-state index in [2.05, 4.69) is 4.99 Å². The Bertz CT molecular complexity index is 489. The van der Waals surface area contributed by atoms with Gasteiger partial charge in [0, 0.05) is 17.8 Å². The van der Waals surface area contributed by atoms with Gasteiger partial charge in [0.15, 0.2) is 0 Å². The summed E-state index contributed by atoms with van der Waals surface area (Å²) in [6.07, 6.45) is -0.417. The normalized spacial score (nSPS) is 15.9. The summed E-state index contributed by atoms with van der Waals surface area (Å²) in [6.45, 7) is 0.597. The van der Waals surface area contributed by atoms with Gasteiger partial charge in [-0.15, -0.1) is 0 Å². The van der Waals surface area contributed by atoms with E-state index in [0.29, 0.717) is 18.5 Å². The van der Waals surface area contributed by atoms with Gasteiger partial charge in [-0.25, -0.2) is 0 Å². The molecule has 1 aliphatic rings. The molecule has 0 unspecified atom stereocenters. The molecule has 1 nitrogen and oxygen atoms in total.